The average Bonchev–Trinajstić information content (AvgIpc) is 3.71. The molecule has 0 atom stereocenters. The summed E-state index contributed by atoms with van der Waals surface area (Å²) in [6.45, 7) is 1.34. The molecule has 0 radical (unpaired) electrons. The molecule has 12 nitrogen and oxygen atoms in total. The molecule has 14 heteroatoms. The Morgan fingerprint density at radius 2 is 2.00 bits per heavy atom. The zero-order valence-corrected chi connectivity index (χ0v) is 23.5. The molecule has 0 saturated carbocycles. The van der Waals surface area contributed by atoms with Gasteiger partial charge in [0.15, 0.2) is 5.69 Å². The van der Waals surface area contributed by atoms with Crippen LogP contribution < -0.4 is 20.8 Å². The highest BCUT2D eigenvalue weighted by molar-refractivity contribution is 6.35. The van der Waals surface area contributed by atoms with Crippen molar-refractivity contribution in [3.8, 4) is 11.6 Å². The van der Waals surface area contributed by atoms with E-state index in [4.69, 9.17) is 38.3 Å². The van der Waals surface area contributed by atoms with Gasteiger partial charge in [-0.25, -0.2) is 10.1 Å². The molecule has 1 amide bonds. The molecule has 3 aromatic carbocycles. The molecule has 5 aromatic rings. The third-order valence-electron chi connectivity index (χ3n) is 6.65. The quantitative estimate of drug-likeness (QED) is 0.184. The number of fused-ring (bicyclic) bond motifs is 1. The van der Waals surface area contributed by atoms with Crippen molar-refractivity contribution in [3.05, 3.63) is 105 Å². The molecular weight excluding hydrogens is 581 g/mol. The van der Waals surface area contributed by atoms with E-state index in [1.807, 2.05) is 42.5 Å². The van der Waals surface area contributed by atoms with Gasteiger partial charge in [0, 0.05) is 27.8 Å². The Hall–Kier alpha value is -4.94. The van der Waals surface area contributed by atoms with Gasteiger partial charge in [-0.2, -0.15) is 9.78 Å². The van der Waals surface area contributed by atoms with Crippen LogP contribution in [0.25, 0.3) is 5.82 Å². The van der Waals surface area contributed by atoms with Crippen LogP contribution in [0.2, 0.25) is 10.0 Å². The third kappa shape index (κ3) is 5.76. The highest BCUT2D eigenvalue weighted by Gasteiger charge is 2.28. The number of nitrogens with zero attached hydrogens (tertiary/aromatic N) is 7. The summed E-state index contributed by atoms with van der Waals surface area (Å²) < 4.78 is 12.0. The number of halogens is 2. The first kappa shape index (κ1) is 27.2. The number of amides is 1. The molecule has 0 bridgehead atoms. The van der Waals surface area contributed by atoms with Gasteiger partial charge in [-0.1, -0.05) is 64.8 Å². The van der Waals surface area contributed by atoms with Crippen LogP contribution >= 0.6 is 23.2 Å². The number of carbonyl (C=O) groups excluding carboxylic acids is 1. The van der Waals surface area contributed by atoms with Crippen molar-refractivity contribution in [3.63, 3.8) is 0 Å². The lowest BCUT2D eigenvalue weighted by Crippen LogP contribution is -2.26. The second kappa shape index (κ2) is 11.9. The first-order chi connectivity index (χ1) is 20.5. The normalized spacial score (nSPS) is 12.6. The number of hydrogen-bond donors (Lipinski definition) is 2. The van der Waals surface area contributed by atoms with E-state index in [1.165, 1.54) is 16.5 Å². The van der Waals surface area contributed by atoms with Crippen molar-refractivity contribution < 1.29 is 14.2 Å². The number of anilines is 2. The highest BCUT2D eigenvalue weighted by atomic mass is 35.5. The number of carbonyl (C=O) groups is 1. The summed E-state index contributed by atoms with van der Waals surface area (Å²) in [6, 6.07) is 20.6. The maximum absolute atomic E-state index is 13.2. The lowest BCUT2D eigenvalue weighted by molar-refractivity contribution is 0.0949. The number of hydrazone groups is 1. The molecule has 0 fully saturated rings. The first-order valence-electron chi connectivity index (χ1n) is 12.8. The average molecular weight is 604 g/mol. The molecule has 6 rings (SSSR count). The Labute approximate surface area is 249 Å². The van der Waals surface area contributed by atoms with Crippen molar-refractivity contribution in [2.45, 2.75) is 19.6 Å². The molecule has 0 aliphatic carbocycles. The minimum Gasteiger partial charge on any atom is -0.489 e. The van der Waals surface area contributed by atoms with Gasteiger partial charge in [0.2, 0.25) is 11.6 Å². The minimum absolute atomic E-state index is 0.0217. The van der Waals surface area contributed by atoms with Gasteiger partial charge in [-0.3, -0.25) is 4.79 Å². The fraction of sp³-hybridized carbons (Fsp3) is 0.143. The van der Waals surface area contributed by atoms with E-state index in [1.54, 1.807) is 18.2 Å². The Kier molecular flexibility index (Phi) is 7.71. The van der Waals surface area contributed by atoms with Gasteiger partial charge in [0.25, 0.3) is 5.91 Å². The van der Waals surface area contributed by atoms with Gasteiger partial charge in [0.05, 0.1) is 18.5 Å². The Morgan fingerprint density at radius 1 is 1.12 bits per heavy atom. The molecule has 0 saturated heterocycles. The summed E-state index contributed by atoms with van der Waals surface area (Å²) in [5.74, 6) is 0.212. The first-order valence-corrected chi connectivity index (χ1v) is 13.6. The number of nitrogens with two attached hydrogens (primary N) is 1. The number of hydrogen-bond acceptors (Lipinski definition) is 10. The zero-order valence-electron chi connectivity index (χ0n) is 21.9. The SMILES string of the molecule is Nc1nonc1-n1nnc(C(=O)N/N=C\c2cccc(OCc3ccc(Cl)cc3Cl)c2)c1CN1CCc2ccccc21. The zero-order chi connectivity index (χ0) is 29.1. The van der Waals surface area contributed by atoms with Crippen molar-refractivity contribution in [2.75, 3.05) is 17.2 Å². The van der Waals surface area contributed by atoms with Gasteiger partial charge < -0.3 is 15.4 Å². The van der Waals surface area contributed by atoms with Gasteiger partial charge in [-0.15, -0.1) is 5.10 Å². The second-order valence-electron chi connectivity index (χ2n) is 9.37. The van der Waals surface area contributed by atoms with E-state index in [2.05, 4.69) is 42.1 Å². The van der Waals surface area contributed by atoms with Crippen molar-refractivity contribution in [1.29, 1.82) is 0 Å². The predicted molar refractivity (Wildman–Crippen MR) is 157 cm³/mol. The summed E-state index contributed by atoms with van der Waals surface area (Å²) in [6.07, 6.45) is 2.38. The number of benzene rings is 3. The molecule has 42 heavy (non-hydrogen) atoms. The number of nitrogens with one attached hydrogen (secondary N) is 1. The van der Waals surface area contributed by atoms with Gasteiger partial charge in [-0.05, 0) is 58.2 Å². The summed E-state index contributed by atoms with van der Waals surface area (Å²) in [7, 11) is 0. The van der Waals surface area contributed by atoms with Crippen LogP contribution in [0.1, 0.15) is 32.9 Å². The third-order valence-corrected chi connectivity index (χ3v) is 7.23. The van der Waals surface area contributed by atoms with Crippen LogP contribution in [0.15, 0.2) is 76.5 Å². The smallest absolute Gasteiger partial charge is 0.293 e. The van der Waals surface area contributed by atoms with Gasteiger partial charge in [0.1, 0.15) is 12.4 Å². The van der Waals surface area contributed by atoms with E-state index >= 15 is 0 Å². The maximum Gasteiger partial charge on any atom is 0.293 e. The van der Waals surface area contributed by atoms with E-state index in [0.29, 0.717) is 33.6 Å². The molecule has 1 aliphatic rings. The molecule has 1 aliphatic heterocycles. The maximum atomic E-state index is 13.2. The molecule has 0 spiro atoms. The predicted octanol–water partition coefficient (Wildman–Crippen LogP) is 4.44. The Bertz CT molecular complexity index is 1790. The van der Waals surface area contributed by atoms with Crippen LogP contribution in [0.3, 0.4) is 0 Å². The fourth-order valence-corrected chi connectivity index (χ4v) is 5.05. The second-order valence-corrected chi connectivity index (χ2v) is 10.2. The topological polar surface area (TPSA) is 150 Å². The number of nitrogen functional groups attached to an aromatic ring is 1. The van der Waals surface area contributed by atoms with Crippen LogP contribution in [0, 0.1) is 0 Å². The molecular formula is C28H23Cl2N9O3. The number of aromatic nitrogens is 5. The standard InChI is InChI=1S/C28H23Cl2N9O3/c29-20-9-8-19(22(30)13-20)16-41-21-6-3-4-17(12-21)14-32-34-28(40)25-24(39(37-33-25)27-26(31)35-42-36-27)15-38-11-10-18-5-1-2-7-23(18)38/h1-9,12-14H,10-11,15-16H2,(H2,31,35)(H,34,40)/b32-14-. The van der Waals surface area contributed by atoms with Gasteiger partial charge >= 0.3 is 0 Å². The van der Waals surface area contributed by atoms with E-state index < -0.39 is 5.91 Å². The lowest BCUT2D eigenvalue weighted by Gasteiger charge is -2.19. The highest BCUT2D eigenvalue weighted by Crippen LogP contribution is 2.30. The monoisotopic (exact) mass is 603 g/mol. The number of para-hydroxylation sites is 1. The Morgan fingerprint density at radius 3 is 2.83 bits per heavy atom. The molecule has 2 aromatic heterocycles. The summed E-state index contributed by atoms with van der Waals surface area (Å²) in [4.78, 5) is 15.4. The van der Waals surface area contributed by atoms with Crippen molar-refractivity contribution in [1.82, 2.24) is 30.7 Å². The Balaban J connectivity index is 1.17. The molecule has 0 unspecified atom stereocenters. The van der Waals surface area contributed by atoms with Crippen LogP contribution in [0.5, 0.6) is 5.75 Å². The summed E-state index contributed by atoms with van der Waals surface area (Å²) >= 11 is 12.2. The summed E-state index contributed by atoms with van der Waals surface area (Å²) in [5.41, 5.74) is 12.8. The van der Waals surface area contributed by atoms with Crippen LogP contribution in [-0.4, -0.2) is 44.0 Å². The number of rotatable bonds is 9. The van der Waals surface area contributed by atoms with E-state index in [0.717, 1.165) is 24.2 Å². The number of ether oxygens (including phenoxy) is 1. The minimum atomic E-state index is -0.556. The molecule has 3 N–H and O–H groups in total. The van der Waals surface area contributed by atoms with Crippen LogP contribution in [-0.2, 0) is 19.6 Å². The van der Waals surface area contributed by atoms with E-state index in [-0.39, 0.29) is 23.9 Å². The largest absolute Gasteiger partial charge is 0.489 e. The lowest BCUT2D eigenvalue weighted by atomic mass is 10.2. The fourth-order valence-electron chi connectivity index (χ4n) is 4.58. The molecule has 212 valence electrons. The van der Waals surface area contributed by atoms with Crippen LogP contribution in [0.4, 0.5) is 11.5 Å². The molecule has 3 heterocycles. The van der Waals surface area contributed by atoms with Crippen molar-refractivity contribution >= 4 is 46.8 Å². The van der Waals surface area contributed by atoms with Crippen molar-refractivity contribution in [2.24, 2.45) is 5.10 Å². The van der Waals surface area contributed by atoms with E-state index in [9.17, 15) is 4.79 Å². The summed E-state index contributed by atoms with van der Waals surface area (Å²) in [5, 5.41) is 20.9.